The number of carbonyl (C=O) groups excluding carboxylic acids is 1. The Labute approximate surface area is 126 Å². The minimum atomic E-state index is -0.0460. The molecule has 0 aliphatic rings. The van der Waals surface area contributed by atoms with Gasteiger partial charge in [0.15, 0.2) is 0 Å². The van der Waals surface area contributed by atoms with Gasteiger partial charge in [0, 0.05) is 19.2 Å². The summed E-state index contributed by atoms with van der Waals surface area (Å²) in [6, 6.07) is 15.9. The first-order valence-corrected chi connectivity index (χ1v) is 7.11. The molecule has 0 aliphatic heterocycles. The summed E-state index contributed by atoms with van der Waals surface area (Å²) in [6.07, 6.45) is 0.833. The van der Waals surface area contributed by atoms with E-state index in [0.717, 1.165) is 12.0 Å². The first kappa shape index (κ1) is 15.3. The molecular formula is C18H21NO2. The van der Waals surface area contributed by atoms with E-state index >= 15 is 0 Å². The molecule has 0 fully saturated rings. The fraction of sp³-hybridized carbons (Fsp3) is 0.278. The van der Waals surface area contributed by atoms with Gasteiger partial charge in [0.05, 0.1) is 6.61 Å². The SMILES string of the molecule is COCc1ccccc1C(=O)NCCc1cccc(C)c1. The topological polar surface area (TPSA) is 38.3 Å². The van der Waals surface area contributed by atoms with E-state index in [1.165, 1.54) is 11.1 Å². The van der Waals surface area contributed by atoms with Crippen LogP contribution in [0.5, 0.6) is 0 Å². The van der Waals surface area contributed by atoms with Crippen molar-refractivity contribution in [2.75, 3.05) is 13.7 Å². The van der Waals surface area contributed by atoms with Gasteiger partial charge in [-0.15, -0.1) is 0 Å². The molecule has 0 aromatic heterocycles. The Kier molecular flexibility index (Phi) is 5.52. The second-order valence-corrected chi connectivity index (χ2v) is 5.09. The quantitative estimate of drug-likeness (QED) is 0.884. The van der Waals surface area contributed by atoms with Crippen molar-refractivity contribution < 1.29 is 9.53 Å². The number of methoxy groups -OCH3 is 1. The van der Waals surface area contributed by atoms with E-state index in [1.807, 2.05) is 30.3 Å². The fourth-order valence-corrected chi connectivity index (χ4v) is 2.31. The third-order valence-corrected chi connectivity index (χ3v) is 3.34. The van der Waals surface area contributed by atoms with Crippen LogP contribution in [0.15, 0.2) is 48.5 Å². The minimum Gasteiger partial charge on any atom is -0.380 e. The summed E-state index contributed by atoms with van der Waals surface area (Å²) in [6.45, 7) is 3.15. The van der Waals surface area contributed by atoms with E-state index in [0.29, 0.717) is 18.7 Å². The minimum absolute atomic E-state index is 0.0460. The van der Waals surface area contributed by atoms with Crippen LogP contribution in [-0.4, -0.2) is 19.6 Å². The monoisotopic (exact) mass is 283 g/mol. The van der Waals surface area contributed by atoms with Crippen molar-refractivity contribution in [3.05, 3.63) is 70.8 Å². The maximum atomic E-state index is 12.2. The maximum Gasteiger partial charge on any atom is 0.251 e. The molecule has 0 aliphatic carbocycles. The zero-order valence-electron chi connectivity index (χ0n) is 12.6. The average molecular weight is 283 g/mol. The molecule has 1 N–H and O–H groups in total. The van der Waals surface area contributed by atoms with Crippen LogP contribution in [0, 0.1) is 6.92 Å². The number of hydrogen-bond acceptors (Lipinski definition) is 2. The van der Waals surface area contributed by atoms with Gasteiger partial charge in [0.1, 0.15) is 0 Å². The lowest BCUT2D eigenvalue weighted by molar-refractivity contribution is 0.0949. The van der Waals surface area contributed by atoms with E-state index in [2.05, 4.69) is 30.4 Å². The number of rotatable bonds is 6. The summed E-state index contributed by atoms with van der Waals surface area (Å²) in [5.41, 5.74) is 4.07. The van der Waals surface area contributed by atoms with Crippen molar-refractivity contribution in [2.24, 2.45) is 0 Å². The van der Waals surface area contributed by atoms with E-state index in [9.17, 15) is 4.79 Å². The van der Waals surface area contributed by atoms with Crippen LogP contribution in [0.3, 0.4) is 0 Å². The fourth-order valence-electron chi connectivity index (χ4n) is 2.31. The Balaban J connectivity index is 1.93. The lowest BCUT2D eigenvalue weighted by atomic mass is 10.1. The van der Waals surface area contributed by atoms with Gasteiger partial charge in [0.2, 0.25) is 0 Å². The lowest BCUT2D eigenvalue weighted by Crippen LogP contribution is -2.26. The zero-order chi connectivity index (χ0) is 15.1. The predicted octanol–water partition coefficient (Wildman–Crippen LogP) is 3.11. The highest BCUT2D eigenvalue weighted by Crippen LogP contribution is 2.10. The van der Waals surface area contributed by atoms with E-state index in [4.69, 9.17) is 4.74 Å². The third kappa shape index (κ3) is 4.43. The van der Waals surface area contributed by atoms with Crippen molar-refractivity contribution >= 4 is 5.91 Å². The van der Waals surface area contributed by atoms with Crippen LogP contribution < -0.4 is 5.32 Å². The van der Waals surface area contributed by atoms with Crippen LogP contribution in [-0.2, 0) is 17.8 Å². The Morgan fingerprint density at radius 2 is 1.95 bits per heavy atom. The Bertz CT molecular complexity index is 608. The third-order valence-electron chi connectivity index (χ3n) is 3.34. The molecule has 0 unspecified atom stereocenters. The van der Waals surface area contributed by atoms with Crippen LogP contribution in [0.4, 0.5) is 0 Å². The van der Waals surface area contributed by atoms with E-state index in [1.54, 1.807) is 7.11 Å². The Morgan fingerprint density at radius 1 is 1.14 bits per heavy atom. The van der Waals surface area contributed by atoms with Gasteiger partial charge in [0.25, 0.3) is 5.91 Å². The average Bonchev–Trinajstić information content (AvgIpc) is 2.48. The van der Waals surface area contributed by atoms with Crippen molar-refractivity contribution in [1.29, 1.82) is 0 Å². The van der Waals surface area contributed by atoms with E-state index in [-0.39, 0.29) is 5.91 Å². The predicted molar refractivity (Wildman–Crippen MR) is 84.4 cm³/mol. The molecule has 0 bridgehead atoms. The van der Waals surface area contributed by atoms with Crippen molar-refractivity contribution in [3.63, 3.8) is 0 Å². The molecule has 21 heavy (non-hydrogen) atoms. The van der Waals surface area contributed by atoms with Gasteiger partial charge < -0.3 is 10.1 Å². The summed E-state index contributed by atoms with van der Waals surface area (Å²) in [5.74, 6) is -0.0460. The summed E-state index contributed by atoms with van der Waals surface area (Å²) in [5, 5.41) is 2.97. The lowest BCUT2D eigenvalue weighted by Gasteiger charge is -2.10. The number of benzene rings is 2. The second kappa shape index (κ2) is 7.60. The van der Waals surface area contributed by atoms with Gasteiger partial charge in [-0.3, -0.25) is 4.79 Å². The highest BCUT2D eigenvalue weighted by atomic mass is 16.5. The number of hydrogen-bond donors (Lipinski definition) is 1. The summed E-state index contributed by atoms with van der Waals surface area (Å²) < 4.78 is 5.13. The molecule has 1 amide bonds. The molecule has 3 nitrogen and oxygen atoms in total. The van der Waals surface area contributed by atoms with Gasteiger partial charge in [-0.2, -0.15) is 0 Å². The van der Waals surface area contributed by atoms with Crippen LogP contribution in [0.2, 0.25) is 0 Å². The van der Waals surface area contributed by atoms with Gasteiger partial charge in [-0.25, -0.2) is 0 Å². The first-order chi connectivity index (χ1) is 10.2. The Morgan fingerprint density at radius 3 is 2.71 bits per heavy atom. The number of nitrogens with one attached hydrogen (secondary N) is 1. The molecule has 0 saturated carbocycles. The molecule has 3 heteroatoms. The van der Waals surface area contributed by atoms with E-state index < -0.39 is 0 Å². The molecule has 2 aromatic rings. The number of ether oxygens (including phenoxy) is 1. The second-order valence-electron chi connectivity index (χ2n) is 5.09. The summed E-state index contributed by atoms with van der Waals surface area (Å²) >= 11 is 0. The highest BCUT2D eigenvalue weighted by Gasteiger charge is 2.09. The number of aryl methyl sites for hydroxylation is 1. The molecule has 110 valence electrons. The zero-order valence-corrected chi connectivity index (χ0v) is 12.6. The van der Waals surface area contributed by atoms with Crippen LogP contribution in [0.1, 0.15) is 27.0 Å². The maximum absolute atomic E-state index is 12.2. The molecule has 0 radical (unpaired) electrons. The molecule has 0 atom stereocenters. The van der Waals surface area contributed by atoms with Crippen LogP contribution >= 0.6 is 0 Å². The van der Waals surface area contributed by atoms with Crippen LogP contribution in [0.25, 0.3) is 0 Å². The number of carbonyl (C=O) groups is 1. The van der Waals surface area contributed by atoms with Crippen molar-refractivity contribution in [3.8, 4) is 0 Å². The van der Waals surface area contributed by atoms with Gasteiger partial charge in [-0.05, 0) is 30.5 Å². The smallest absolute Gasteiger partial charge is 0.251 e. The molecule has 2 rings (SSSR count). The molecule has 0 saturated heterocycles. The van der Waals surface area contributed by atoms with Gasteiger partial charge >= 0.3 is 0 Å². The molecule has 0 heterocycles. The molecular weight excluding hydrogens is 262 g/mol. The standard InChI is InChI=1S/C18H21NO2/c1-14-6-5-7-15(12-14)10-11-19-18(20)17-9-4-3-8-16(17)13-21-2/h3-9,12H,10-11,13H2,1-2H3,(H,19,20). The number of amides is 1. The Hall–Kier alpha value is -2.13. The molecule has 2 aromatic carbocycles. The first-order valence-electron chi connectivity index (χ1n) is 7.11. The highest BCUT2D eigenvalue weighted by molar-refractivity contribution is 5.95. The normalized spacial score (nSPS) is 10.4. The van der Waals surface area contributed by atoms with Gasteiger partial charge in [-0.1, -0.05) is 48.0 Å². The largest absolute Gasteiger partial charge is 0.380 e. The van der Waals surface area contributed by atoms with Crippen molar-refractivity contribution in [2.45, 2.75) is 20.0 Å². The van der Waals surface area contributed by atoms with Crippen molar-refractivity contribution in [1.82, 2.24) is 5.32 Å². The molecule has 0 spiro atoms. The summed E-state index contributed by atoms with van der Waals surface area (Å²) in [4.78, 5) is 12.2. The summed E-state index contributed by atoms with van der Waals surface area (Å²) in [7, 11) is 1.63.